The molecule has 0 amide bonds. The molecule has 0 radical (unpaired) electrons. The van der Waals surface area contributed by atoms with Crippen molar-refractivity contribution < 1.29 is 4.39 Å². The summed E-state index contributed by atoms with van der Waals surface area (Å²) in [6, 6.07) is 22.6. The van der Waals surface area contributed by atoms with Gasteiger partial charge >= 0.3 is 0 Å². The number of aromatic nitrogens is 2. The largest absolute Gasteiger partial charge is 0.332 e. The fourth-order valence-electron chi connectivity index (χ4n) is 2.92. The summed E-state index contributed by atoms with van der Waals surface area (Å²) in [4.78, 5) is 0. The Bertz CT molecular complexity index is 1100. The van der Waals surface area contributed by atoms with Crippen molar-refractivity contribution in [3.63, 3.8) is 0 Å². The highest BCUT2D eigenvalue weighted by Crippen LogP contribution is 2.23. The molecule has 0 saturated carbocycles. The summed E-state index contributed by atoms with van der Waals surface area (Å²) >= 11 is 5.41. The Morgan fingerprint density at radius 1 is 0.926 bits per heavy atom. The van der Waals surface area contributed by atoms with E-state index in [1.807, 2.05) is 36.4 Å². The van der Waals surface area contributed by atoms with Crippen molar-refractivity contribution in [1.82, 2.24) is 9.78 Å². The number of nitrogens with one attached hydrogen (secondary N) is 2. The summed E-state index contributed by atoms with van der Waals surface area (Å²) in [7, 11) is 0. The van der Waals surface area contributed by atoms with Crippen LogP contribution in [0, 0.1) is 5.82 Å². The topological polar surface area (TPSA) is 41.9 Å². The van der Waals surface area contributed by atoms with Crippen LogP contribution in [0.2, 0.25) is 0 Å². The summed E-state index contributed by atoms with van der Waals surface area (Å²) in [6.45, 7) is 0.359. The highest BCUT2D eigenvalue weighted by molar-refractivity contribution is 7.80. The molecule has 0 saturated heterocycles. The normalized spacial score (nSPS) is 10.7. The third-order valence-corrected chi connectivity index (χ3v) is 4.41. The average molecular weight is 376 g/mol. The second-order valence-corrected chi connectivity index (χ2v) is 6.50. The van der Waals surface area contributed by atoms with E-state index in [1.54, 1.807) is 29.1 Å². The van der Waals surface area contributed by atoms with Crippen LogP contribution in [0.1, 0.15) is 5.56 Å². The van der Waals surface area contributed by atoms with Crippen LogP contribution in [0.5, 0.6) is 0 Å². The highest BCUT2D eigenvalue weighted by atomic mass is 32.1. The number of anilines is 2. The summed E-state index contributed by atoms with van der Waals surface area (Å²) in [5.74, 6) is 0.361. The molecular formula is C21H17FN4S. The lowest BCUT2D eigenvalue weighted by Gasteiger charge is -2.11. The molecule has 0 spiro atoms. The van der Waals surface area contributed by atoms with Gasteiger partial charge in [-0.05, 0) is 29.7 Å². The van der Waals surface area contributed by atoms with E-state index in [4.69, 9.17) is 12.2 Å². The maximum atomic E-state index is 13.8. The molecule has 1 aromatic heterocycles. The number of hydrogen-bond donors (Lipinski definition) is 2. The van der Waals surface area contributed by atoms with Gasteiger partial charge in [-0.1, -0.05) is 54.6 Å². The predicted molar refractivity (Wildman–Crippen MR) is 112 cm³/mol. The van der Waals surface area contributed by atoms with E-state index in [0.29, 0.717) is 23.0 Å². The quantitative estimate of drug-likeness (QED) is 0.490. The summed E-state index contributed by atoms with van der Waals surface area (Å²) in [5, 5.41) is 13.4. The summed E-state index contributed by atoms with van der Waals surface area (Å²) in [5.41, 5.74) is 1.51. The van der Waals surface area contributed by atoms with E-state index >= 15 is 0 Å². The maximum absolute atomic E-state index is 13.8. The Kier molecular flexibility index (Phi) is 4.80. The molecule has 4 nitrogen and oxygen atoms in total. The first-order valence-electron chi connectivity index (χ1n) is 8.52. The van der Waals surface area contributed by atoms with Gasteiger partial charge in [-0.3, -0.25) is 4.68 Å². The molecular weight excluding hydrogens is 359 g/mol. The number of fused-ring (bicyclic) bond motifs is 1. The zero-order valence-electron chi connectivity index (χ0n) is 14.4. The van der Waals surface area contributed by atoms with E-state index in [-0.39, 0.29) is 5.82 Å². The van der Waals surface area contributed by atoms with Gasteiger partial charge in [0.15, 0.2) is 10.9 Å². The SMILES string of the molecule is Fc1ccccc1Cn1ccc(NC(=S)Nc2cccc3ccccc23)n1. The van der Waals surface area contributed by atoms with Gasteiger partial charge in [0, 0.05) is 28.9 Å². The van der Waals surface area contributed by atoms with Crippen LogP contribution in [0.4, 0.5) is 15.9 Å². The number of thiocarbonyl (C=S) groups is 1. The minimum atomic E-state index is -0.240. The third-order valence-electron chi connectivity index (χ3n) is 4.21. The molecule has 2 N–H and O–H groups in total. The van der Waals surface area contributed by atoms with Crippen LogP contribution < -0.4 is 10.6 Å². The number of rotatable bonds is 4. The van der Waals surface area contributed by atoms with Crippen LogP contribution in [0.3, 0.4) is 0 Å². The number of nitrogens with zero attached hydrogens (tertiary/aromatic N) is 2. The first-order valence-corrected chi connectivity index (χ1v) is 8.92. The van der Waals surface area contributed by atoms with Gasteiger partial charge in [-0.2, -0.15) is 5.10 Å². The maximum Gasteiger partial charge on any atom is 0.176 e. The van der Waals surface area contributed by atoms with E-state index in [1.165, 1.54) is 6.07 Å². The Morgan fingerprint density at radius 2 is 1.70 bits per heavy atom. The van der Waals surface area contributed by atoms with E-state index in [0.717, 1.165) is 16.5 Å². The zero-order chi connectivity index (χ0) is 18.6. The smallest absolute Gasteiger partial charge is 0.176 e. The van der Waals surface area contributed by atoms with Crippen LogP contribution in [0.25, 0.3) is 10.8 Å². The van der Waals surface area contributed by atoms with Crippen LogP contribution in [0.15, 0.2) is 79.0 Å². The van der Waals surface area contributed by atoms with Gasteiger partial charge in [0.2, 0.25) is 0 Å². The van der Waals surface area contributed by atoms with E-state index in [9.17, 15) is 4.39 Å². The van der Waals surface area contributed by atoms with Gasteiger partial charge in [0.05, 0.1) is 6.54 Å². The first kappa shape index (κ1) is 17.2. The van der Waals surface area contributed by atoms with Crippen molar-refractivity contribution >= 4 is 39.6 Å². The Morgan fingerprint density at radius 3 is 2.59 bits per heavy atom. The molecule has 3 aromatic carbocycles. The van der Waals surface area contributed by atoms with Crippen molar-refractivity contribution in [2.24, 2.45) is 0 Å². The van der Waals surface area contributed by atoms with Crippen molar-refractivity contribution in [2.45, 2.75) is 6.54 Å². The lowest BCUT2D eigenvalue weighted by Crippen LogP contribution is -2.19. The lowest BCUT2D eigenvalue weighted by atomic mass is 10.1. The Labute approximate surface area is 161 Å². The van der Waals surface area contributed by atoms with Crippen molar-refractivity contribution in [3.05, 3.63) is 90.4 Å². The highest BCUT2D eigenvalue weighted by Gasteiger charge is 2.07. The predicted octanol–water partition coefficient (Wildman–Crippen LogP) is 5.03. The molecule has 134 valence electrons. The van der Waals surface area contributed by atoms with E-state index in [2.05, 4.69) is 27.9 Å². The average Bonchev–Trinajstić information content (AvgIpc) is 3.11. The second kappa shape index (κ2) is 7.55. The van der Waals surface area contributed by atoms with Gasteiger partial charge in [-0.25, -0.2) is 4.39 Å². The minimum absolute atomic E-state index is 0.240. The molecule has 6 heteroatoms. The van der Waals surface area contributed by atoms with Crippen LogP contribution in [-0.2, 0) is 6.54 Å². The number of halogens is 1. The molecule has 4 rings (SSSR count). The number of benzene rings is 3. The number of hydrogen-bond acceptors (Lipinski definition) is 2. The minimum Gasteiger partial charge on any atom is -0.332 e. The molecule has 4 aromatic rings. The molecule has 1 heterocycles. The van der Waals surface area contributed by atoms with Crippen molar-refractivity contribution in [2.75, 3.05) is 10.6 Å². The van der Waals surface area contributed by atoms with Crippen molar-refractivity contribution in [3.8, 4) is 0 Å². The zero-order valence-corrected chi connectivity index (χ0v) is 15.2. The molecule has 0 unspecified atom stereocenters. The van der Waals surface area contributed by atoms with Gasteiger partial charge in [0.25, 0.3) is 0 Å². The molecule has 0 aliphatic heterocycles. The molecule has 0 atom stereocenters. The Hall–Kier alpha value is -3.25. The first-order chi connectivity index (χ1) is 13.2. The van der Waals surface area contributed by atoms with Crippen molar-refractivity contribution in [1.29, 1.82) is 0 Å². The monoisotopic (exact) mass is 376 g/mol. The fourth-order valence-corrected chi connectivity index (χ4v) is 3.14. The van der Waals surface area contributed by atoms with Gasteiger partial charge < -0.3 is 10.6 Å². The van der Waals surface area contributed by atoms with Gasteiger partial charge in [-0.15, -0.1) is 0 Å². The fraction of sp³-hybridized carbons (Fsp3) is 0.0476. The molecule has 0 bridgehead atoms. The lowest BCUT2D eigenvalue weighted by molar-refractivity contribution is 0.586. The van der Waals surface area contributed by atoms with Gasteiger partial charge in [0.1, 0.15) is 5.82 Å². The standard InChI is InChI=1S/C21H17FN4S/c22-18-10-4-2-7-16(18)14-26-13-12-20(25-26)24-21(27)23-19-11-5-8-15-6-1-3-9-17(15)19/h1-13H,14H2,(H2,23,24,25,27). The molecule has 0 fully saturated rings. The Balaban J connectivity index is 1.44. The summed E-state index contributed by atoms with van der Waals surface area (Å²) in [6.07, 6.45) is 1.79. The van der Waals surface area contributed by atoms with Crippen LogP contribution >= 0.6 is 12.2 Å². The molecule has 0 aliphatic carbocycles. The second-order valence-electron chi connectivity index (χ2n) is 6.10. The third kappa shape index (κ3) is 3.96. The van der Waals surface area contributed by atoms with E-state index < -0.39 is 0 Å². The molecule has 0 aliphatic rings. The van der Waals surface area contributed by atoms with Crippen LogP contribution in [-0.4, -0.2) is 14.9 Å². The molecule has 27 heavy (non-hydrogen) atoms. The summed E-state index contributed by atoms with van der Waals surface area (Å²) < 4.78 is 15.4.